The summed E-state index contributed by atoms with van der Waals surface area (Å²) >= 11 is 6.93. The number of aromatic nitrogens is 3. The first-order valence-corrected chi connectivity index (χ1v) is 11.4. The lowest BCUT2D eigenvalue weighted by Gasteiger charge is -2.12. The maximum absolute atomic E-state index is 12.9. The Kier molecular flexibility index (Phi) is 8.39. The first-order chi connectivity index (χ1) is 16.3. The zero-order chi connectivity index (χ0) is 24.7. The molecule has 0 saturated heterocycles. The number of amides is 1. The summed E-state index contributed by atoms with van der Waals surface area (Å²) in [6.07, 6.45) is -0.364. The van der Waals surface area contributed by atoms with Crippen molar-refractivity contribution in [2.24, 2.45) is 0 Å². The zero-order valence-electron chi connectivity index (χ0n) is 18.0. The molecule has 2 aromatic carbocycles. The summed E-state index contributed by atoms with van der Waals surface area (Å²) in [7, 11) is 0. The van der Waals surface area contributed by atoms with E-state index >= 15 is 0 Å². The lowest BCUT2D eigenvalue weighted by molar-refractivity contribution is -0.142. The largest absolute Gasteiger partial charge is 0.466 e. The normalized spacial score (nSPS) is 10.5. The highest BCUT2D eigenvalue weighted by molar-refractivity contribution is 7.99. The van der Waals surface area contributed by atoms with E-state index in [1.165, 1.54) is 12.1 Å². The van der Waals surface area contributed by atoms with Crippen molar-refractivity contribution < 1.29 is 19.1 Å². The Morgan fingerprint density at radius 2 is 1.88 bits per heavy atom. The highest BCUT2D eigenvalue weighted by atomic mass is 35.5. The molecule has 0 aliphatic rings. The molecular weight excluding hydrogens is 482 g/mol. The lowest BCUT2D eigenvalue weighted by atomic mass is 10.0. The van der Waals surface area contributed by atoms with Crippen LogP contribution in [0.2, 0.25) is 5.02 Å². The number of benzene rings is 2. The second-order valence-electron chi connectivity index (χ2n) is 6.81. The topological polar surface area (TPSA) is 146 Å². The molecule has 0 bridgehead atoms. The van der Waals surface area contributed by atoms with Crippen LogP contribution in [0.5, 0.6) is 0 Å². The maximum atomic E-state index is 12.9. The number of nitrogens with zero attached hydrogens (tertiary/aromatic N) is 3. The SMILES string of the molecule is CCOC(=O)Cc1nnc(SCC(=O)Nc2ccc(Cl)cc2C(=O)c2ccccc2)n(N)c1=O. The summed E-state index contributed by atoms with van der Waals surface area (Å²) in [6.45, 7) is 1.80. The molecule has 3 rings (SSSR count). The molecule has 0 aliphatic carbocycles. The number of hydrogen-bond donors (Lipinski definition) is 2. The van der Waals surface area contributed by atoms with E-state index in [0.717, 1.165) is 11.8 Å². The van der Waals surface area contributed by atoms with Crippen LogP contribution >= 0.6 is 23.4 Å². The van der Waals surface area contributed by atoms with Crippen LogP contribution in [-0.4, -0.2) is 44.9 Å². The van der Waals surface area contributed by atoms with Gasteiger partial charge in [-0.05, 0) is 25.1 Å². The molecule has 0 radical (unpaired) electrons. The highest BCUT2D eigenvalue weighted by Gasteiger charge is 2.18. The molecule has 0 aliphatic heterocycles. The number of nitrogens with one attached hydrogen (secondary N) is 1. The van der Waals surface area contributed by atoms with Gasteiger partial charge in [0.05, 0.1) is 24.5 Å². The monoisotopic (exact) mass is 501 g/mol. The molecular formula is C22H20ClN5O5S. The average molecular weight is 502 g/mol. The minimum atomic E-state index is -0.723. The van der Waals surface area contributed by atoms with Gasteiger partial charge in [-0.1, -0.05) is 53.7 Å². The van der Waals surface area contributed by atoms with E-state index in [1.807, 2.05) is 0 Å². The number of ketones is 1. The number of nitrogen functional groups attached to an aromatic ring is 1. The summed E-state index contributed by atoms with van der Waals surface area (Å²) in [5.41, 5.74) is 0.0696. The first-order valence-electron chi connectivity index (χ1n) is 10.0. The third-order valence-corrected chi connectivity index (χ3v) is 5.59. The molecule has 12 heteroatoms. The van der Waals surface area contributed by atoms with Gasteiger partial charge in [0, 0.05) is 16.1 Å². The minimum Gasteiger partial charge on any atom is -0.466 e. The molecule has 3 aromatic rings. The van der Waals surface area contributed by atoms with Gasteiger partial charge in [-0.15, -0.1) is 10.2 Å². The standard InChI is InChI=1S/C22H20ClN5O5S/c1-2-33-19(30)11-17-21(32)28(24)22(27-26-17)34-12-18(29)25-16-9-8-14(23)10-15(16)20(31)13-6-4-3-5-7-13/h3-10H,2,11-12,24H2,1H3,(H,25,29). The maximum Gasteiger partial charge on any atom is 0.312 e. The molecule has 0 atom stereocenters. The van der Waals surface area contributed by atoms with E-state index in [-0.39, 0.29) is 46.7 Å². The van der Waals surface area contributed by atoms with Crippen LogP contribution in [0.15, 0.2) is 58.5 Å². The van der Waals surface area contributed by atoms with Crippen LogP contribution in [0, 0.1) is 0 Å². The quantitative estimate of drug-likeness (QED) is 0.194. The van der Waals surface area contributed by atoms with Gasteiger partial charge < -0.3 is 15.9 Å². The van der Waals surface area contributed by atoms with Crippen molar-refractivity contribution in [3.05, 3.63) is 80.7 Å². The van der Waals surface area contributed by atoms with E-state index in [4.69, 9.17) is 22.2 Å². The number of thioether (sulfide) groups is 1. The third-order valence-electron chi connectivity index (χ3n) is 4.41. The van der Waals surface area contributed by atoms with E-state index in [2.05, 4.69) is 15.5 Å². The summed E-state index contributed by atoms with van der Waals surface area (Å²) < 4.78 is 5.50. The lowest BCUT2D eigenvalue weighted by Crippen LogP contribution is -2.35. The number of carbonyl (C=O) groups excluding carboxylic acids is 3. The average Bonchev–Trinajstić information content (AvgIpc) is 2.83. The Labute approximate surface area is 203 Å². The summed E-state index contributed by atoms with van der Waals surface area (Å²) in [5, 5.41) is 10.5. The molecule has 1 amide bonds. The third kappa shape index (κ3) is 6.21. The van der Waals surface area contributed by atoms with Crippen molar-refractivity contribution in [1.29, 1.82) is 0 Å². The fraction of sp³-hybridized carbons (Fsp3) is 0.182. The van der Waals surface area contributed by atoms with Crippen LogP contribution in [0.1, 0.15) is 28.5 Å². The van der Waals surface area contributed by atoms with Crippen LogP contribution in [0.25, 0.3) is 0 Å². The van der Waals surface area contributed by atoms with Crippen molar-refractivity contribution in [2.75, 3.05) is 23.5 Å². The molecule has 34 heavy (non-hydrogen) atoms. The van der Waals surface area contributed by atoms with E-state index < -0.39 is 17.4 Å². The van der Waals surface area contributed by atoms with E-state index in [9.17, 15) is 19.2 Å². The molecule has 176 valence electrons. The van der Waals surface area contributed by atoms with Crippen molar-refractivity contribution in [3.8, 4) is 0 Å². The molecule has 0 fully saturated rings. The van der Waals surface area contributed by atoms with Crippen molar-refractivity contribution >= 4 is 46.7 Å². The second kappa shape index (κ2) is 11.4. The first kappa shape index (κ1) is 24.9. The number of ether oxygens (including phenoxy) is 1. The Morgan fingerprint density at radius 3 is 2.59 bits per heavy atom. The smallest absolute Gasteiger partial charge is 0.312 e. The predicted molar refractivity (Wildman–Crippen MR) is 127 cm³/mol. The van der Waals surface area contributed by atoms with Crippen molar-refractivity contribution in [2.45, 2.75) is 18.5 Å². The Balaban J connectivity index is 1.70. The van der Waals surface area contributed by atoms with Crippen LogP contribution in [0.4, 0.5) is 5.69 Å². The Bertz CT molecular complexity index is 1280. The summed E-state index contributed by atoms with van der Waals surface area (Å²) in [6, 6.07) is 13.1. The van der Waals surface area contributed by atoms with Gasteiger partial charge in [0.2, 0.25) is 11.1 Å². The van der Waals surface area contributed by atoms with Crippen molar-refractivity contribution in [1.82, 2.24) is 14.9 Å². The van der Waals surface area contributed by atoms with Gasteiger partial charge >= 0.3 is 5.97 Å². The van der Waals surface area contributed by atoms with Gasteiger partial charge in [-0.3, -0.25) is 19.2 Å². The van der Waals surface area contributed by atoms with E-state index in [1.54, 1.807) is 43.3 Å². The highest BCUT2D eigenvalue weighted by Crippen LogP contribution is 2.24. The Morgan fingerprint density at radius 1 is 1.15 bits per heavy atom. The number of carbonyl (C=O) groups is 3. The number of nitrogens with two attached hydrogens (primary N) is 1. The second-order valence-corrected chi connectivity index (χ2v) is 8.19. The number of rotatable bonds is 9. The number of esters is 1. The van der Waals surface area contributed by atoms with Gasteiger partial charge in [0.1, 0.15) is 5.69 Å². The molecule has 1 heterocycles. The molecule has 3 N–H and O–H groups in total. The van der Waals surface area contributed by atoms with Gasteiger partial charge in [0.25, 0.3) is 5.56 Å². The van der Waals surface area contributed by atoms with Gasteiger partial charge in [-0.25, -0.2) is 0 Å². The van der Waals surface area contributed by atoms with Gasteiger partial charge in [0.15, 0.2) is 5.78 Å². The van der Waals surface area contributed by atoms with Crippen LogP contribution in [0.3, 0.4) is 0 Å². The molecule has 1 aromatic heterocycles. The molecule has 0 unspecified atom stereocenters. The fourth-order valence-corrected chi connectivity index (χ4v) is 3.68. The van der Waals surface area contributed by atoms with Gasteiger partial charge in [-0.2, -0.15) is 4.68 Å². The molecule has 0 saturated carbocycles. The zero-order valence-corrected chi connectivity index (χ0v) is 19.6. The van der Waals surface area contributed by atoms with E-state index in [0.29, 0.717) is 15.3 Å². The Hall–Kier alpha value is -3.70. The summed E-state index contributed by atoms with van der Waals surface area (Å²) in [5.74, 6) is 4.18. The predicted octanol–water partition coefficient (Wildman–Crippen LogP) is 2.07. The number of hydrogen-bond acceptors (Lipinski definition) is 9. The number of halogens is 1. The summed E-state index contributed by atoms with van der Waals surface area (Å²) in [4.78, 5) is 49.3. The minimum absolute atomic E-state index is 0.0237. The molecule has 0 spiro atoms. The fourth-order valence-electron chi connectivity index (χ4n) is 2.85. The van der Waals surface area contributed by atoms with Crippen molar-refractivity contribution in [3.63, 3.8) is 0 Å². The number of anilines is 1. The molecule has 10 nitrogen and oxygen atoms in total. The van der Waals surface area contributed by atoms with Crippen LogP contribution < -0.4 is 16.7 Å². The van der Waals surface area contributed by atoms with Crippen LogP contribution in [-0.2, 0) is 20.7 Å².